The predicted molar refractivity (Wildman–Crippen MR) is 74.0 cm³/mol. The second-order valence-electron chi connectivity index (χ2n) is 4.98. The largest absolute Gasteiger partial charge is 0.352 e. The van der Waals surface area contributed by atoms with E-state index in [-0.39, 0.29) is 0 Å². The topological polar surface area (TPSA) is 70.6 Å². The Hall–Kier alpha value is -2.42. The van der Waals surface area contributed by atoms with E-state index in [0.717, 1.165) is 25.3 Å². The molecule has 1 aliphatic heterocycles. The van der Waals surface area contributed by atoms with Crippen molar-refractivity contribution in [2.75, 3.05) is 11.4 Å². The first kappa shape index (κ1) is 12.6. The lowest BCUT2D eigenvalue weighted by atomic mass is 10.0. The minimum atomic E-state index is 0.380. The Kier molecular flexibility index (Phi) is 3.59. The summed E-state index contributed by atoms with van der Waals surface area (Å²) < 4.78 is 1.87. The molecule has 0 saturated carbocycles. The molecule has 6 heteroatoms. The number of hydrogen-bond acceptors (Lipinski definition) is 5. The Morgan fingerprint density at radius 3 is 3.00 bits per heavy atom. The molecule has 1 saturated heterocycles. The van der Waals surface area contributed by atoms with Crippen molar-refractivity contribution in [1.29, 1.82) is 5.26 Å². The predicted octanol–water partition coefficient (Wildman–Crippen LogP) is 1.60. The molecule has 0 spiro atoms. The number of hydrogen-bond donors (Lipinski definition) is 0. The number of aromatic nitrogens is 4. The summed E-state index contributed by atoms with van der Waals surface area (Å²) in [4.78, 5) is 10.7. The highest BCUT2D eigenvalue weighted by atomic mass is 15.3. The minimum absolute atomic E-state index is 0.380. The SMILES string of the molecule is N#Cc1ccc(N2CCCC[C@H]2Cn2cncn2)nc1. The Morgan fingerprint density at radius 2 is 2.30 bits per heavy atom. The number of piperidine rings is 1. The van der Waals surface area contributed by atoms with E-state index in [0.29, 0.717) is 11.6 Å². The zero-order valence-electron chi connectivity index (χ0n) is 11.2. The van der Waals surface area contributed by atoms with Gasteiger partial charge in [0, 0.05) is 12.7 Å². The van der Waals surface area contributed by atoms with E-state index in [1.54, 1.807) is 18.9 Å². The monoisotopic (exact) mass is 268 g/mol. The number of nitrogens with zero attached hydrogens (tertiary/aromatic N) is 6. The lowest BCUT2D eigenvalue weighted by Gasteiger charge is -2.36. The third-order valence-electron chi connectivity index (χ3n) is 3.66. The fourth-order valence-corrected chi connectivity index (χ4v) is 2.66. The molecule has 6 nitrogen and oxygen atoms in total. The van der Waals surface area contributed by atoms with Crippen LogP contribution in [-0.2, 0) is 6.54 Å². The van der Waals surface area contributed by atoms with Gasteiger partial charge in [0.2, 0.25) is 0 Å². The van der Waals surface area contributed by atoms with Crippen LogP contribution in [0.5, 0.6) is 0 Å². The summed E-state index contributed by atoms with van der Waals surface area (Å²) >= 11 is 0. The number of rotatable bonds is 3. The van der Waals surface area contributed by atoms with Crippen LogP contribution in [0.2, 0.25) is 0 Å². The molecule has 3 heterocycles. The molecule has 20 heavy (non-hydrogen) atoms. The molecule has 0 N–H and O–H groups in total. The highest BCUT2D eigenvalue weighted by Crippen LogP contribution is 2.24. The molecule has 2 aromatic heterocycles. The summed E-state index contributed by atoms with van der Waals surface area (Å²) in [5, 5.41) is 13.0. The molecular weight excluding hydrogens is 252 g/mol. The average Bonchev–Trinajstić information content (AvgIpc) is 3.01. The number of nitriles is 1. The van der Waals surface area contributed by atoms with Crippen LogP contribution in [0.15, 0.2) is 31.0 Å². The van der Waals surface area contributed by atoms with Crippen LogP contribution in [0.4, 0.5) is 5.82 Å². The van der Waals surface area contributed by atoms with E-state index >= 15 is 0 Å². The van der Waals surface area contributed by atoms with Crippen molar-refractivity contribution < 1.29 is 0 Å². The fraction of sp³-hybridized carbons (Fsp3) is 0.429. The van der Waals surface area contributed by atoms with Gasteiger partial charge in [-0.3, -0.25) is 4.68 Å². The van der Waals surface area contributed by atoms with E-state index in [9.17, 15) is 0 Å². The minimum Gasteiger partial charge on any atom is -0.352 e. The first-order chi connectivity index (χ1) is 9.86. The molecule has 102 valence electrons. The molecule has 0 bridgehead atoms. The van der Waals surface area contributed by atoms with Gasteiger partial charge in [-0.15, -0.1) is 0 Å². The molecule has 2 aromatic rings. The molecule has 0 radical (unpaired) electrons. The van der Waals surface area contributed by atoms with Crippen molar-refractivity contribution in [3.05, 3.63) is 36.5 Å². The van der Waals surface area contributed by atoms with Gasteiger partial charge in [-0.05, 0) is 31.4 Å². The Labute approximate surface area is 117 Å². The highest BCUT2D eigenvalue weighted by molar-refractivity contribution is 5.43. The molecule has 0 aromatic carbocycles. The standard InChI is InChI=1S/C14H16N6/c15-7-12-4-5-14(17-8-12)20-6-2-1-3-13(20)9-19-11-16-10-18-19/h4-5,8,10-11,13H,1-3,6,9H2/t13-/m0/s1. The van der Waals surface area contributed by atoms with Crippen LogP contribution in [-0.4, -0.2) is 32.3 Å². The average molecular weight is 268 g/mol. The summed E-state index contributed by atoms with van der Waals surface area (Å²) in [6.45, 7) is 1.82. The van der Waals surface area contributed by atoms with Gasteiger partial charge in [0.05, 0.1) is 18.2 Å². The second kappa shape index (κ2) is 5.70. The van der Waals surface area contributed by atoms with Crippen LogP contribution in [0, 0.1) is 11.3 Å². The van der Waals surface area contributed by atoms with Crippen LogP contribution in [0.1, 0.15) is 24.8 Å². The quantitative estimate of drug-likeness (QED) is 0.845. The molecular formula is C14H16N6. The molecule has 1 aliphatic rings. The third-order valence-corrected chi connectivity index (χ3v) is 3.66. The van der Waals surface area contributed by atoms with E-state index in [2.05, 4.69) is 26.0 Å². The molecule has 0 unspecified atom stereocenters. The van der Waals surface area contributed by atoms with Crippen molar-refractivity contribution in [1.82, 2.24) is 19.7 Å². The van der Waals surface area contributed by atoms with Crippen molar-refractivity contribution in [3.8, 4) is 6.07 Å². The van der Waals surface area contributed by atoms with Gasteiger partial charge in [-0.2, -0.15) is 10.4 Å². The maximum absolute atomic E-state index is 8.84. The number of anilines is 1. The van der Waals surface area contributed by atoms with E-state index in [1.807, 2.05) is 16.8 Å². The Bertz CT molecular complexity index is 583. The van der Waals surface area contributed by atoms with E-state index < -0.39 is 0 Å². The summed E-state index contributed by atoms with van der Waals surface area (Å²) in [5.74, 6) is 0.939. The smallest absolute Gasteiger partial charge is 0.137 e. The van der Waals surface area contributed by atoms with Gasteiger partial charge < -0.3 is 4.90 Å². The van der Waals surface area contributed by atoms with Gasteiger partial charge >= 0.3 is 0 Å². The summed E-state index contributed by atoms with van der Waals surface area (Å²) in [7, 11) is 0. The van der Waals surface area contributed by atoms with E-state index in [1.165, 1.54) is 12.8 Å². The van der Waals surface area contributed by atoms with Crippen LogP contribution >= 0.6 is 0 Å². The highest BCUT2D eigenvalue weighted by Gasteiger charge is 2.24. The van der Waals surface area contributed by atoms with Gasteiger partial charge in [0.25, 0.3) is 0 Å². The second-order valence-corrected chi connectivity index (χ2v) is 4.98. The van der Waals surface area contributed by atoms with Gasteiger partial charge in [-0.25, -0.2) is 9.97 Å². The Balaban J connectivity index is 1.79. The lowest BCUT2D eigenvalue weighted by molar-refractivity contribution is 0.396. The summed E-state index contributed by atoms with van der Waals surface area (Å²) in [5.41, 5.74) is 0.596. The van der Waals surface area contributed by atoms with Crippen LogP contribution in [0.3, 0.4) is 0 Å². The summed E-state index contributed by atoms with van der Waals surface area (Å²) in [6, 6.07) is 6.23. The zero-order valence-corrected chi connectivity index (χ0v) is 11.2. The molecule has 0 amide bonds. The maximum Gasteiger partial charge on any atom is 0.137 e. The molecule has 1 fully saturated rings. The first-order valence-electron chi connectivity index (χ1n) is 6.82. The van der Waals surface area contributed by atoms with Crippen LogP contribution < -0.4 is 4.90 Å². The Morgan fingerprint density at radius 1 is 1.35 bits per heavy atom. The summed E-state index contributed by atoms with van der Waals surface area (Å²) in [6.07, 6.45) is 8.48. The fourth-order valence-electron chi connectivity index (χ4n) is 2.66. The van der Waals surface area contributed by atoms with Crippen molar-refractivity contribution in [2.24, 2.45) is 0 Å². The first-order valence-corrected chi connectivity index (χ1v) is 6.82. The normalized spacial score (nSPS) is 18.8. The molecule has 3 rings (SSSR count). The number of pyridine rings is 1. The molecule has 0 aliphatic carbocycles. The zero-order chi connectivity index (χ0) is 13.8. The van der Waals surface area contributed by atoms with E-state index in [4.69, 9.17) is 5.26 Å². The van der Waals surface area contributed by atoms with Gasteiger partial charge in [0.1, 0.15) is 24.5 Å². The maximum atomic E-state index is 8.84. The van der Waals surface area contributed by atoms with Gasteiger partial charge in [0.15, 0.2) is 0 Å². The van der Waals surface area contributed by atoms with Gasteiger partial charge in [-0.1, -0.05) is 0 Å². The third kappa shape index (κ3) is 2.62. The van der Waals surface area contributed by atoms with Crippen molar-refractivity contribution >= 4 is 5.82 Å². The van der Waals surface area contributed by atoms with Crippen molar-refractivity contribution in [2.45, 2.75) is 31.8 Å². The van der Waals surface area contributed by atoms with Crippen molar-refractivity contribution in [3.63, 3.8) is 0 Å². The lowest BCUT2D eigenvalue weighted by Crippen LogP contribution is -2.42. The van der Waals surface area contributed by atoms with Crippen LogP contribution in [0.25, 0.3) is 0 Å². The molecule has 1 atom stereocenters.